The van der Waals surface area contributed by atoms with Crippen LogP contribution in [0.2, 0.25) is 0 Å². The van der Waals surface area contributed by atoms with Crippen molar-refractivity contribution in [2.45, 2.75) is 52.8 Å². The minimum Gasteiger partial charge on any atom is -0.351 e. The van der Waals surface area contributed by atoms with Gasteiger partial charge in [0.15, 0.2) is 17.0 Å². The van der Waals surface area contributed by atoms with Gasteiger partial charge in [-0.05, 0) is 53.7 Å². The highest BCUT2D eigenvalue weighted by atomic mass is 79.9. The molecule has 0 aliphatic rings. The summed E-state index contributed by atoms with van der Waals surface area (Å²) in [6.45, 7) is 8.82. The summed E-state index contributed by atoms with van der Waals surface area (Å²) < 4.78 is 45.1. The smallest absolute Gasteiger partial charge is 0.351 e. The van der Waals surface area contributed by atoms with Gasteiger partial charge in [0, 0.05) is 30.4 Å². The molecule has 0 atom stereocenters. The molecule has 0 fully saturated rings. The topological polar surface area (TPSA) is 77.1 Å². The Kier molecular flexibility index (Phi) is 7.21. The average molecular weight is 563 g/mol. The van der Waals surface area contributed by atoms with Crippen molar-refractivity contribution in [3.63, 3.8) is 0 Å². The van der Waals surface area contributed by atoms with Crippen molar-refractivity contribution >= 4 is 27.5 Å². The second-order valence-electron chi connectivity index (χ2n) is 8.92. The Hall–Kier alpha value is -3.21. The quantitative estimate of drug-likeness (QED) is 0.283. The Morgan fingerprint density at radius 2 is 1.81 bits per heavy atom. The molecule has 0 radical (unpaired) electrons. The number of fused-ring (bicyclic) bond motifs is 1. The zero-order valence-electron chi connectivity index (χ0n) is 20.3. The maximum Gasteiger partial charge on any atom is 0.433 e. The van der Waals surface area contributed by atoms with E-state index in [1.165, 1.54) is 6.07 Å². The zero-order chi connectivity index (χ0) is 26.2. The molecule has 0 spiro atoms. The van der Waals surface area contributed by atoms with Gasteiger partial charge >= 0.3 is 6.18 Å². The molecule has 0 saturated carbocycles. The molecule has 0 unspecified atom stereocenters. The number of hydrogen-bond acceptors (Lipinski definition) is 4. The van der Waals surface area contributed by atoms with Crippen LogP contribution >= 0.6 is 15.9 Å². The van der Waals surface area contributed by atoms with Gasteiger partial charge < -0.3 is 5.32 Å². The minimum absolute atomic E-state index is 0.0506. The summed E-state index contributed by atoms with van der Waals surface area (Å²) in [5.74, 6) is -0.267. The first-order valence-electron chi connectivity index (χ1n) is 11.5. The number of halogens is 4. The largest absolute Gasteiger partial charge is 0.433 e. The zero-order valence-corrected chi connectivity index (χ0v) is 21.9. The van der Waals surface area contributed by atoms with Gasteiger partial charge in [-0.2, -0.15) is 23.4 Å². The summed E-state index contributed by atoms with van der Waals surface area (Å²) in [5, 5.41) is 11.1. The van der Waals surface area contributed by atoms with Crippen molar-refractivity contribution < 1.29 is 18.0 Å². The first-order valence-corrected chi connectivity index (χ1v) is 12.3. The van der Waals surface area contributed by atoms with Gasteiger partial charge in [-0.3, -0.25) is 9.48 Å². The normalized spacial score (nSPS) is 12.0. The van der Waals surface area contributed by atoms with E-state index >= 15 is 0 Å². The van der Waals surface area contributed by atoms with Crippen molar-refractivity contribution in [3.8, 4) is 11.3 Å². The molecular formula is C25H26BrF3N6O. The minimum atomic E-state index is -4.68. The Morgan fingerprint density at radius 1 is 1.11 bits per heavy atom. The fourth-order valence-corrected chi connectivity index (χ4v) is 4.17. The van der Waals surface area contributed by atoms with E-state index in [0.717, 1.165) is 27.5 Å². The van der Waals surface area contributed by atoms with Crippen LogP contribution < -0.4 is 5.32 Å². The van der Waals surface area contributed by atoms with Crippen molar-refractivity contribution in [1.82, 2.24) is 29.7 Å². The third-order valence-electron chi connectivity index (χ3n) is 5.95. The van der Waals surface area contributed by atoms with E-state index < -0.39 is 17.8 Å². The monoisotopic (exact) mass is 562 g/mol. The highest BCUT2D eigenvalue weighted by Gasteiger charge is 2.35. The van der Waals surface area contributed by atoms with Gasteiger partial charge in [-0.25, -0.2) is 9.50 Å². The lowest BCUT2D eigenvalue weighted by Crippen LogP contribution is -2.26. The van der Waals surface area contributed by atoms with Crippen LogP contribution in [-0.2, 0) is 12.7 Å². The standard InChI is InChI=1S/C25H26BrF3N6O/c1-14(2)17-6-8-18(9-7-17)19-12-21(25(27,28)29)35-22(31-19)13-20(33-35)24(36)30-10-5-11-34-16(4)23(26)15(3)32-34/h6-9,12-14H,5,10-11H2,1-4H3,(H,30,36). The van der Waals surface area contributed by atoms with E-state index in [-0.39, 0.29) is 17.0 Å². The van der Waals surface area contributed by atoms with Gasteiger partial charge in [0.2, 0.25) is 0 Å². The first-order chi connectivity index (χ1) is 17.0. The lowest BCUT2D eigenvalue weighted by Gasteiger charge is -2.12. The lowest BCUT2D eigenvalue weighted by atomic mass is 10.0. The highest BCUT2D eigenvalue weighted by molar-refractivity contribution is 9.10. The van der Waals surface area contributed by atoms with Crippen LogP contribution in [0.3, 0.4) is 0 Å². The number of nitrogens with zero attached hydrogens (tertiary/aromatic N) is 5. The Labute approximate surface area is 214 Å². The second-order valence-corrected chi connectivity index (χ2v) is 9.71. The van der Waals surface area contributed by atoms with E-state index in [2.05, 4.69) is 36.4 Å². The van der Waals surface area contributed by atoms with Gasteiger partial charge in [0.05, 0.1) is 15.9 Å². The molecule has 3 heterocycles. The van der Waals surface area contributed by atoms with Gasteiger partial charge in [0.1, 0.15) is 0 Å². The number of aryl methyl sites for hydroxylation is 2. The predicted octanol–water partition coefficient (Wildman–Crippen LogP) is 5.93. The van der Waals surface area contributed by atoms with E-state index in [4.69, 9.17) is 0 Å². The Bertz CT molecular complexity index is 1410. The summed E-state index contributed by atoms with van der Waals surface area (Å²) in [6.07, 6.45) is -4.09. The number of amides is 1. The molecule has 0 aliphatic carbocycles. The summed E-state index contributed by atoms with van der Waals surface area (Å²) in [5.41, 5.74) is 2.47. The molecule has 0 bridgehead atoms. The number of alkyl halides is 3. The van der Waals surface area contributed by atoms with Crippen molar-refractivity contribution in [2.24, 2.45) is 0 Å². The molecule has 1 N–H and O–H groups in total. The van der Waals surface area contributed by atoms with E-state index in [9.17, 15) is 18.0 Å². The van der Waals surface area contributed by atoms with Crippen LogP contribution in [0, 0.1) is 13.8 Å². The summed E-state index contributed by atoms with van der Waals surface area (Å²) >= 11 is 3.48. The predicted molar refractivity (Wildman–Crippen MR) is 134 cm³/mol. The summed E-state index contributed by atoms with van der Waals surface area (Å²) in [7, 11) is 0. The molecule has 1 amide bonds. The van der Waals surface area contributed by atoms with Crippen LogP contribution in [0.5, 0.6) is 0 Å². The van der Waals surface area contributed by atoms with Crippen LogP contribution in [0.1, 0.15) is 59.3 Å². The SMILES string of the molecule is Cc1nn(CCCNC(=O)c2cc3nc(-c4ccc(C(C)C)cc4)cc(C(F)(F)F)n3n2)c(C)c1Br. The fourth-order valence-electron chi connectivity index (χ4n) is 3.89. The molecule has 0 saturated heterocycles. The fraction of sp³-hybridized carbons (Fsp3) is 0.360. The van der Waals surface area contributed by atoms with E-state index in [1.54, 1.807) is 12.1 Å². The molecular weight excluding hydrogens is 537 g/mol. The van der Waals surface area contributed by atoms with Gasteiger partial charge in [0.25, 0.3) is 5.91 Å². The third-order valence-corrected chi connectivity index (χ3v) is 7.10. The molecule has 190 valence electrons. The number of benzene rings is 1. The number of hydrogen-bond donors (Lipinski definition) is 1. The van der Waals surface area contributed by atoms with Crippen molar-refractivity contribution in [2.75, 3.05) is 6.54 Å². The van der Waals surface area contributed by atoms with Crippen LogP contribution in [0.15, 0.2) is 40.9 Å². The molecule has 3 aromatic heterocycles. The van der Waals surface area contributed by atoms with Crippen molar-refractivity contribution in [1.29, 1.82) is 0 Å². The average Bonchev–Trinajstić information content (AvgIpc) is 3.37. The summed E-state index contributed by atoms with van der Waals surface area (Å²) in [6, 6.07) is 9.48. The molecule has 1 aromatic carbocycles. The Morgan fingerprint density at radius 3 is 2.39 bits per heavy atom. The number of rotatable bonds is 7. The van der Waals surface area contributed by atoms with Crippen LogP contribution in [-0.4, -0.2) is 36.8 Å². The molecule has 0 aliphatic heterocycles. The maximum absolute atomic E-state index is 13.9. The molecule has 11 heteroatoms. The van der Waals surface area contributed by atoms with Crippen LogP contribution in [0.4, 0.5) is 13.2 Å². The van der Waals surface area contributed by atoms with Crippen molar-refractivity contribution in [3.05, 3.63) is 69.2 Å². The number of carbonyl (C=O) groups is 1. The lowest BCUT2D eigenvalue weighted by molar-refractivity contribution is -0.142. The maximum atomic E-state index is 13.9. The molecule has 36 heavy (non-hydrogen) atoms. The molecule has 7 nitrogen and oxygen atoms in total. The molecule has 4 rings (SSSR count). The number of carbonyl (C=O) groups excluding carboxylic acids is 1. The van der Waals surface area contributed by atoms with Gasteiger partial charge in [-0.1, -0.05) is 38.1 Å². The Balaban J connectivity index is 1.54. The van der Waals surface area contributed by atoms with Crippen LogP contribution in [0.25, 0.3) is 16.9 Å². The summed E-state index contributed by atoms with van der Waals surface area (Å²) in [4.78, 5) is 17.0. The molecule has 4 aromatic rings. The number of nitrogens with one attached hydrogen (secondary N) is 1. The second kappa shape index (κ2) is 10.0. The van der Waals surface area contributed by atoms with Gasteiger partial charge in [-0.15, -0.1) is 0 Å². The first kappa shape index (κ1) is 25.9. The highest BCUT2D eigenvalue weighted by Crippen LogP contribution is 2.32. The van der Waals surface area contributed by atoms with E-state index in [1.807, 2.05) is 44.5 Å². The third kappa shape index (κ3) is 5.30. The number of aromatic nitrogens is 5. The van der Waals surface area contributed by atoms with E-state index in [0.29, 0.717) is 35.5 Å².